The molecular weight excluding hydrogens is 294 g/mol. The molecule has 1 amide bonds. The molecule has 1 aromatic carbocycles. The molecule has 0 fully saturated rings. The van der Waals surface area contributed by atoms with Crippen LogP contribution in [-0.4, -0.2) is 36.7 Å². The third-order valence-electron chi connectivity index (χ3n) is 3.42. The van der Waals surface area contributed by atoms with Gasteiger partial charge in [0.05, 0.1) is 10.6 Å². The molecule has 6 nitrogen and oxygen atoms in total. The molecule has 2 N–H and O–H groups in total. The number of nitrogens with one attached hydrogen (secondary N) is 1. The maximum Gasteiger partial charge on any atom is 0.329 e. The Bertz CT molecular complexity index is 636. The average molecular weight is 313 g/mol. The van der Waals surface area contributed by atoms with Crippen LogP contribution in [0.1, 0.15) is 37.6 Å². The van der Waals surface area contributed by atoms with Gasteiger partial charge in [0.2, 0.25) is 0 Å². The summed E-state index contributed by atoms with van der Waals surface area (Å²) in [6.45, 7) is 4.62. The Balaban J connectivity index is 2.98. The first-order valence-corrected chi connectivity index (χ1v) is 8.20. The minimum absolute atomic E-state index is 0.0224. The molecule has 0 aliphatic heterocycles. The lowest BCUT2D eigenvalue weighted by Gasteiger charge is -2.24. The molecule has 0 saturated heterocycles. The molecule has 7 heteroatoms. The predicted octanol–water partition coefficient (Wildman–Crippen LogP) is 1.46. The van der Waals surface area contributed by atoms with Crippen molar-refractivity contribution in [3.63, 3.8) is 0 Å². The summed E-state index contributed by atoms with van der Waals surface area (Å²) in [6, 6.07) is 5.43. The molecule has 0 radical (unpaired) electrons. The number of benzene rings is 1. The van der Waals surface area contributed by atoms with Crippen LogP contribution in [0.15, 0.2) is 29.2 Å². The molecule has 21 heavy (non-hydrogen) atoms. The van der Waals surface area contributed by atoms with Gasteiger partial charge < -0.3 is 10.4 Å². The number of carboxylic acid groups (broad SMARTS) is 1. The van der Waals surface area contributed by atoms with Crippen LogP contribution in [0, 0.1) is 0 Å². The number of amides is 1. The largest absolute Gasteiger partial charge is 0.480 e. The van der Waals surface area contributed by atoms with Crippen LogP contribution in [0.4, 0.5) is 0 Å². The zero-order valence-electron chi connectivity index (χ0n) is 12.2. The summed E-state index contributed by atoms with van der Waals surface area (Å²) >= 11 is 0. The van der Waals surface area contributed by atoms with Crippen molar-refractivity contribution in [1.82, 2.24) is 5.32 Å². The fourth-order valence-electron chi connectivity index (χ4n) is 1.60. The summed E-state index contributed by atoms with van der Waals surface area (Å²) in [7, 11) is -3.32. The predicted molar refractivity (Wildman–Crippen MR) is 78.0 cm³/mol. The first-order valence-electron chi connectivity index (χ1n) is 6.55. The van der Waals surface area contributed by atoms with Gasteiger partial charge in [-0.1, -0.05) is 13.8 Å². The Morgan fingerprint density at radius 1 is 1.19 bits per heavy atom. The molecule has 0 aliphatic carbocycles. The van der Waals surface area contributed by atoms with Crippen molar-refractivity contribution in [3.8, 4) is 0 Å². The van der Waals surface area contributed by atoms with Crippen molar-refractivity contribution < 1.29 is 23.1 Å². The molecular formula is C14H19NO5S. The lowest BCUT2D eigenvalue weighted by molar-refractivity contribution is -0.143. The van der Waals surface area contributed by atoms with Crippen molar-refractivity contribution in [1.29, 1.82) is 0 Å². The first-order chi connectivity index (χ1) is 9.66. The van der Waals surface area contributed by atoms with Crippen molar-refractivity contribution in [2.24, 2.45) is 0 Å². The zero-order chi connectivity index (χ0) is 16.3. The first kappa shape index (κ1) is 17.2. The highest BCUT2D eigenvalue weighted by molar-refractivity contribution is 7.91. The fourth-order valence-corrected chi connectivity index (χ4v) is 2.48. The van der Waals surface area contributed by atoms with Gasteiger partial charge in [-0.15, -0.1) is 0 Å². The van der Waals surface area contributed by atoms with E-state index in [0.29, 0.717) is 0 Å². The minimum Gasteiger partial charge on any atom is -0.480 e. The minimum atomic E-state index is -3.32. The number of hydrogen-bond acceptors (Lipinski definition) is 4. The van der Waals surface area contributed by atoms with Gasteiger partial charge >= 0.3 is 5.97 Å². The zero-order valence-corrected chi connectivity index (χ0v) is 13.0. The molecule has 0 aliphatic rings. The number of aliphatic carboxylic acids is 1. The molecule has 116 valence electrons. The van der Waals surface area contributed by atoms with Gasteiger partial charge in [-0.3, -0.25) is 4.79 Å². The Morgan fingerprint density at radius 2 is 1.71 bits per heavy atom. The van der Waals surface area contributed by atoms with Gasteiger partial charge in [-0.2, -0.15) is 0 Å². The monoisotopic (exact) mass is 313 g/mol. The summed E-state index contributed by atoms with van der Waals surface area (Å²) in [5, 5.41) is 11.6. The average Bonchev–Trinajstić information content (AvgIpc) is 2.46. The Labute approximate surface area is 124 Å². The van der Waals surface area contributed by atoms with Crippen LogP contribution in [0.3, 0.4) is 0 Å². The number of carbonyl (C=O) groups is 2. The Morgan fingerprint density at radius 3 is 2.10 bits per heavy atom. The van der Waals surface area contributed by atoms with Gasteiger partial charge in [0.1, 0.15) is 5.54 Å². The van der Waals surface area contributed by atoms with E-state index in [1.807, 2.05) is 0 Å². The van der Waals surface area contributed by atoms with E-state index in [-0.39, 0.29) is 22.6 Å². The van der Waals surface area contributed by atoms with Crippen LogP contribution in [0.5, 0.6) is 0 Å². The topological polar surface area (TPSA) is 101 Å². The lowest BCUT2D eigenvalue weighted by atomic mass is 9.98. The highest BCUT2D eigenvalue weighted by atomic mass is 32.2. The Hall–Kier alpha value is -1.89. The summed E-state index contributed by atoms with van der Waals surface area (Å²) in [4.78, 5) is 23.3. The summed E-state index contributed by atoms with van der Waals surface area (Å²) in [5.74, 6) is -1.70. The molecule has 0 bridgehead atoms. The molecule has 1 rings (SSSR count). The SMILES string of the molecule is CCC(C)(NC(=O)c1ccc(S(=O)(=O)CC)cc1)C(=O)O. The number of hydrogen-bond donors (Lipinski definition) is 2. The van der Waals surface area contributed by atoms with Crippen molar-refractivity contribution in [3.05, 3.63) is 29.8 Å². The second-order valence-corrected chi connectivity index (χ2v) is 7.15. The van der Waals surface area contributed by atoms with Gasteiger partial charge in [0.15, 0.2) is 9.84 Å². The van der Waals surface area contributed by atoms with Crippen molar-refractivity contribution in [2.45, 2.75) is 37.6 Å². The molecule has 1 atom stereocenters. The molecule has 1 unspecified atom stereocenters. The van der Waals surface area contributed by atoms with Crippen molar-refractivity contribution >= 4 is 21.7 Å². The van der Waals surface area contributed by atoms with E-state index in [4.69, 9.17) is 5.11 Å². The highest BCUT2D eigenvalue weighted by Crippen LogP contribution is 2.14. The van der Waals surface area contributed by atoms with E-state index in [1.165, 1.54) is 38.1 Å². The van der Waals surface area contributed by atoms with Gasteiger partial charge in [-0.05, 0) is 37.6 Å². The van der Waals surface area contributed by atoms with Crippen LogP contribution in [-0.2, 0) is 14.6 Å². The third-order valence-corrected chi connectivity index (χ3v) is 5.17. The second-order valence-electron chi connectivity index (χ2n) is 4.87. The molecule has 0 saturated carbocycles. The highest BCUT2D eigenvalue weighted by Gasteiger charge is 2.33. The molecule has 0 heterocycles. The summed E-state index contributed by atoms with van der Waals surface area (Å²) in [6.07, 6.45) is 0.233. The van der Waals surface area contributed by atoms with Gasteiger partial charge in [0, 0.05) is 5.56 Å². The smallest absolute Gasteiger partial charge is 0.329 e. The van der Waals surface area contributed by atoms with Crippen LogP contribution in [0.25, 0.3) is 0 Å². The summed E-state index contributed by atoms with van der Waals surface area (Å²) in [5.41, 5.74) is -1.14. The van der Waals surface area contributed by atoms with E-state index in [9.17, 15) is 18.0 Å². The normalized spacial score (nSPS) is 14.2. The van der Waals surface area contributed by atoms with E-state index in [0.717, 1.165) is 0 Å². The number of rotatable bonds is 6. The van der Waals surface area contributed by atoms with Crippen LogP contribution in [0.2, 0.25) is 0 Å². The number of sulfone groups is 1. The third kappa shape index (κ3) is 3.81. The van der Waals surface area contributed by atoms with Crippen LogP contribution < -0.4 is 5.32 Å². The van der Waals surface area contributed by atoms with E-state index in [2.05, 4.69) is 5.32 Å². The fraction of sp³-hybridized carbons (Fsp3) is 0.429. The standard InChI is InChI=1S/C14H19NO5S/c1-4-14(3,13(17)18)15-12(16)10-6-8-11(9-7-10)21(19,20)5-2/h6-9H,4-5H2,1-3H3,(H,15,16)(H,17,18). The Kier molecular flexibility index (Phi) is 5.11. The molecule has 1 aromatic rings. The molecule has 0 aromatic heterocycles. The van der Waals surface area contributed by atoms with E-state index < -0.39 is 27.3 Å². The summed E-state index contributed by atoms with van der Waals surface area (Å²) < 4.78 is 23.3. The lowest BCUT2D eigenvalue weighted by Crippen LogP contribution is -2.51. The van der Waals surface area contributed by atoms with Gasteiger partial charge in [0.25, 0.3) is 5.91 Å². The van der Waals surface area contributed by atoms with E-state index in [1.54, 1.807) is 6.92 Å². The van der Waals surface area contributed by atoms with Gasteiger partial charge in [-0.25, -0.2) is 13.2 Å². The van der Waals surface area contributed by atoms with E-state index >= 15 is 0 Å². The maximum atomic E-state index is 12.0. The maximum absolute atomic E-state index is 12.0. The number of carbonyl (C=O) groups excluding carboxylic acids is 1. The quantitative estimate of drug-likeness (QED) is 0.828. The second kappa shape index (κ2) is 6.26. The molecule has 0 spiro atoms. The van der Waals surface area contributed by atoms with Crippen LogP contribution >= 0.6 is 0 Å². The number of carboxylic acids is 1. The van der Waals surface area contributed by atoms with Crippen molar-refractivity contribution in [2.75, 3.05) is 5.75 Å².